The third-order valence-corrected chi connectivity index (χ3v) is 19.8. The van der Waals surface area contributed by atoms with Crippen LogP contribution in [0.3, 0.4) is 0 Å². The molecule has 1 aliphatic carbocycles. The number of benzene rings is 8. The number of aromatic nitrogens is 4. The number of para-hydroxylation sites is 1. The van der Waals surface area contributed by atoms with Crippen LogP contribution in [0.1, 0.15) is 140 Å². The highest BCUT2D eigenvalue weighted by Crippen LogP contribution is 2.27. The Kier molecular flexibility index (Phi) is 50.1. The van der Waals surface area contributed by atoms with E-state index in [9.17, 15) is 48.9 Å². The van der Waals surface area contributed by atoms with Crippen molar-refractivity contribution in [3.8, 4) is 57.7 Å². The van der Waals surface area contributed by atoms with E-state index in [4.69, 9.17) is 45.0 Å². The minimum atomic E-state index is -0.407. The molecule has 132 heavy (non-hydrogen) atoms. The van der Waals surface area contributed by atoms with Crippen LogP contribution in [0.4, 0.5) is 10.5 Å². The number of ether oxygens (including phenoxy) is 5. The van der Waals surface area contributed by atoms with Gasteiger partial charge in [-0.15, -0.1) is 20.4 Å². The lowest BCUT2D eigenvalue weighted by molar-refractivity contribution is -0.124. The number of hydrogen-bond donors (Lipinski definition) is 11. The molecule has 0 fully saturated rings. The summed E-state index contributed by atoms with van der Waals surface area (Å²) in [6.45, 7) is 7.99. The number of hydrogen-bond acceptors (Lipinski definition) is 23. The Morgan fingerprint density at radius 3 is 1.36 bits per heavy atom. The molecule has 1 unspecified atom stereocenters. The predicted molar refractivity (Wildman–Crippen MR) is 500 cm³/mol. The summed E-state index contributed by atoms with van der Waals surface area (Å²) in [5.74, 6) is 8.73. The first-order chi connectivity index (χ1) is 64.3. The van der Waals surface area contributed by atoms with Gasteiger partial charge in [0, 0.05) is 117 Å². The summed E-state index contributed by atoms with van der Waals surface area (Å²) in [4.78, 5) is 91.4. The van der Waals surface area contributed by atoms with Crippen molar-refractivity contribution >= 4 is 47.2 Å². The Balaban J connectivity index is 0.000000235. The lowest BCUT2D eigenvalue weighted by Crippen LogP contribution is -2.35. The number of carbonyl (C=O) groups is 7. The average molecular weight is 1810 g/mol. The first kappa shape index (κ1) is 104. The fourth-order valence-electron chi connectivity index (χ4n) is 12.6. The van der Waals surface area contributed by atoms with E-state index in [0.717, 1.165) is 114 Å². The van der Waals surface area contributed by atoms with Crippen molar-refractivity contribution in [2.45, 2.75) is 142 Å². The quantitative estimate of drug-likeness (QED) is 0.00422. The fourth-order valence-corrected chi connectivity index (χ4v) is 12.6. The summed E-state index contributed by atoms with van der Waals surface area (Å²) in [7, 11) is 0. The van der Waals surface area contributed by atoms with Gasteiger partial charge in [0.25, 0.3) is 0 Å². The molecule has 1 aromatic heterocycles. The minimum Gasteiger partial charge on any atom is -0.508 e. The molecule has 1 atom stereocenters. The average Bonchev–Trinajstić information content (AvgIpc) is 0.807. The summed E-state index contributed by atoms with van der Waals surface area (Å²) >= 11 is 0. The monoisotopic (exact) mass is 1810 g/mol. The van der Waals surface area contributed by atoms with Gasteiger partial charge >= 0.3 is 6.09 Å². The van der Waals surface area contributed by atoms with E-state index in [1.165, 1.54) is 0 Å². The number of nitrogens with zero attached hydrogens (tertiary/aromatic N) is 11. The molecule has 11 rings (SSSR count). The summed E-state index contributed by atoms with van der Waals surface area (Å²) in [5, 5.41) is 85.4. The molecule has 2 heterocycles. The molecule has 9 aromatic rings. The highest BCUT2D eigenvalue weighted by Gasteiger charge is 2.22. The fraction of sp³-hybridized carbons (Fsp3) is 0.378. The van der Waals surface area contributed by atoms with Crippen LogP contribution in [-0.4, -0.2) is 192 Å². The number of rotatable bonds is 45. The predicted octanol–water partition coefficient (Wildman–Crippen LogP) is 13.6. The van der Waals surface area contributed by atoms with Gasteiger partial charge in [0.2, 0.25) is 41.3 Å². The van der Waals surface area contributed by atoms with Gasteiger partial charge in [-0.05, 0) is 232 Å². The van der Waals surface area contributed by atoms with Crippen LogP contribution in [0.15, 0.2) is 217 Å². The van der Waals surface area contributed by atoms with Gasteiger partial charge in [0.15, 0.2) is 5.82 Å². The number of aromatic hydroxyl groups is 5. The van der Waals surface area contributed by atoms with Crippen molar-refractivity contribution < 1.29 is 82.8 Å². The Labute approximate surface area is 769 Å². The number of unbranched alkanes of at least 4 members (excludes halogenated alkanes) is 2. The van der Waals surface area contributed by atoms with Gasteiger partial charge in [-0.25, -0.2) is 4.79 Å². The molecule has 34 heteroatoms. The second-order valence-corrected chi connectivity index (χ2v) is 30.1. The summed E-state index contributed by atoms with van der Waals surface area (Å²) < 4.78 is 27.4. The molecule has 1 aliphatic heterocycles. The molecule has 8 aromatic carbocycles. The number of aryl methyl sites for hydroxylation is 1. The highest BCUT2D eigenvalue weighted by molar-refractivity contribution is 5.95. The molecule has 0 spiro atoms. The number of allylic oxidation sites excluding steroid dienone is 2. The number of azide groups is 2. The molecule has 34 nitrogen and oxygen atoms in total. The molecular weight excluding hydrogens is 1690 g/mol. The van der Waals surface area contributed by atoms with E-state index >= 15 is 0 Å². The maximum Gasteiger partial charge on any atom is 0.407 e. The molecule has 2 aliphatic rings. The minimum absolute atomic E-state index is 0.0221. The number of anilines is 1. The summed E-state index contributed by atoms with van der Waals surface area (Å²) in [5.41, 5.74) is 25.6. The number of phenols is 5. The molecular formula is C98H119N17O17. The van der Waals surface area contributed by atoms with Crippen molar-refractivity contribution in [1.82, 2.24) is 52.3 Å². The number of alkyl carbamates (subject to hydrolysis) is 1. The number of fused-ring (bicyclic) bond motifs is 2. The second kappa shape index (κ2) is 63.4. The van der Waals surface area contributed by atoms with Crippen molar-refractivity contribution in [3.05, 3.63) is 277 Å². The van der Waals surface area contributed by atoms with Crippen LogP contribution in [0, 0.1) is 18.8 Å². The first-order valence-corrected chi connectivity index (χ1v) is 44.1. The van der Waals surface area contributed by atoms with E-state index in [1.807, 2.05) is 133 Å². The van der Waals surface area contributed by atoms with E-state index < -0.39 is 6.09 Å². The highest BCUT2D eigenvalue weighted by atomic mass is 16.6. The zero-order valence-electron chi connectivity index (χ0n) is 74.5. The van der Waals surface area contributed by atoms with Crippen LogP contribution in [-0.2, 0) is 86.4 Å². The van der Waals surface area contributed by atoms with Crippen LogP contribution in [0.2, 0.25) is 0 Å². The van der Waals surface area contributed by atoms with Crippen molar-refractivity contribution in [1.29, 1.82) is 0 Å². The number of phenolic OH excluding ortho intramolecular Hbond substituents is 5. The van der Waals surface area contributed by atoms with Gasteiger partial charge in [-0.3, -0.25) is 28.8 Å². The zero-order valence-corrected chi connectivity index (χ0v) is 74.5. The largest absolute Gasteiger partial charge is 0.508 e. The molecule has 698 valence electrons. The van der Waals surface area contributed by atoms with E-state index in [0.29, 0.717) is 141 Å². The van der Waals surface area contributed by atoms with E-state index in [2.05, 4.69) is 96.3 Å². The molecule has 0 saturated heterocycles. The standard InChI is InChI=1S/C32H33N3O5.C22H25N5O4.C22H32N2O5.C14H20N4O2.C8H9N3O/c36-28-13-9-24(10-14-28)15-19-33-30(37)17-21-40-22-18-31(38)34-20-16-32(39)35-23-27-7-2-1-5-25(27)11-12-26-6-3-4-8-29(26)35;1-16-24-26-22(27-25-16)18-4-8-20(9-5-18)31-15-14-30-13-11-21(29)23-12-10-17-2-6-19(28)7-3-17;25-19-10-8-18(9-11-19)12-14-23-21(26)13-16-28-17-15-24-22(27)29-20-6-4-2-1-3-5-7-20;15-18-17-10-3-1-2-4-14(20)16-11-9-12-5-7-13(19)8-6-12;9-11-10-6-5-7-1-3-8(12)4-2-7/h1-10,13-14,36H,15-23H2,(H,33,37)(H,34,38);2-9,28H,10-15H2,1H3,(H,23,29);1-2,8-11,20,25H,3-7,12-17H2,(H,23,26)(H,24,27);5-8,19H,1-4,9-11H2,(H,16,20);1-4,12H,5-6H2/b;;2-1+;;. The smallest absolute Gasteiger partial charge is 0.407 e. The summed E-state index contributed by atoms with van der Waals surface area (Å²) in [6, 6.07) is 57.2. The molecule has 7 amide bonds. The van der Waals surface area contributed by atoms with Crippen molar-refractivity contribution in [3.63, 3.8) is 0 Å². The number of carbonyl (C=O) groups excluding carboxylic acids is 7. The van der Waals surface area contributed by atoms with Gasteiger partial charge in [-0.2, -0.15) is 0 Å². The van der Waals surface area contributed by atoms with Gasteiger partial charge < -0.3 is 86.0 Å². The van der Waals surface area contributed by atoms with Gasteiger partial charge in [0.1, 0.15) is 47.2 Å². The SMILES string of the molecule is Cc1nnc(-c2ccc(OCCOCCC(=O)NCCc3ccc(O)cc3)cc2)nn1.O=C(CCOCCC(=O)NCCc1ccc(O)cc1)NCCC(=O)N1Cc2ccccc2C#Cc2ccccc21.O=C(CCOCCNC(=O)OC1CC/C=C/CCC1)NCCc1ccc(O)cc1.[N-]=[N+]=NCCCCCC(=O)NCCc1ccc(O)cc1.[N-]=[N+]=NCCc1ccc(O)cc1. The lowest BCUT2D eigenvalue weighted by atomic mass is 10.0. The zero-order chi connectivity index (χ0) is 94.2. The first-order valence-electron chi connectivity index (χ1n) is 44.1. The Bertz CT molecular complexity index is 5130. The third kappa shape index (κ3) is 45.9. The van der Waals surface area contributed by atoms with Crippen LogP contribution >= 0.6 is 0 Å². The molecule has 11 N–H and O–H groups in total. The Hall–Kier alpha value is -14.6. The maximum absolute atomic E-state index is 13.2. The van der Waals surface area contributed by atoms with E-state index in [1.54, 1.807) is 72.5 Å². The molecule has 0 saturated carbocycles. The van der Waals surface area contributed by atoms with Crippen molar-refractivity contribution in [2.24, 2.45) is 10.2 Å². The Morgan fingerprint density at radius 1 is 0.424 bits per heavy atom. The second-order valence-electron chi connectivity index (χ2n) is 30.1. The van der Waals surface area contributed by atoms with Gasteiger partial charge in [0.05, 0.1) is 51.9 Å². The van der Waals surface area contributed by atoms with Gasteiger partial charge in [-0.1, -0.05) is 132 Å². The molecule has 0 bridgehead atoms. The van der Waals surface area contributed by atoms with Crippen LogP contribution < -0.4 is 41.5 Å². The summed E-state index contributed by atoms with van der Waals surface area (Å²) in [6.07, 6.45) is 16.3. The number of nitrogens with one attached hydrogen (secondary N) is 6. The third-order valence-electron chi connectivity index (χ3n) is 19.8. The van der Waals surface area contributed by atoms with Crippen LogP contribution in [0.25, 0.3) is 32.3 Å². The van der Waals surface area contributed by atoms with Crippen LogP contribution in [0.5, 0.6) is 34.5 Å². The molecule has 0 radical (unpaired) electrons. The normalized spacial score (nSPS) is 12.2. The topological polar surface area (TPSA) is 491 Å². The maximum atomic E-state index is 13.2. The Morgan fingerprint density at radius 2 is 0.856 bits per heavy atom. The van der Waals surface area contributed by atoms with E-state index in [-0.39, 0.29) is 116 Å². The van der Waals surface area contributed by atoms with Crippen molar-refractivity contribution in [2.75, 3.05) is 104 Å². The lowest BCUT2D eigenvalue weighted by Gasteiger charge is -2.26. The number of amides is 7.